The second-order valence-corrected chi connectivity index (χ2v) is 13.1. The molecule has 0 aromatic carbocycles. The number of aliphatic carboxylic acids is 1. The summed E-state index contributed by atoms with van der Waals surface area (Å²) in [5, 5.41) is 11.5. The SMILES string of the molecule is CCCCC/C=C/C/C=C/C/C=C/C/C=C/CCCC(=O)OCC(COCCC(C(=O)[O-])[N+](C)(C)C)OC(=O)CC/C=C/CCCCC. The zero-order chi connectivity index (χ0) is 35.7. The number of carboxylic acids is 1. The second-order valence-electron chi connectivity index (χ2n) is 13.1. The monoisotopic (exact) mass is 673 g/mol. The van der Waals surface area contributed by atoms with Gasteiger partial charge in [-0.3, -0.25) is 9.59 Å². The first-order valence-electron chi connectivity index (χ1n) is 18.3. The summed E-state index contributed by atoms with van der Waals surface area (Å²) in [4.78, 5) is 36.4. The van der Waals surface area contributed by atoms with Crippen LogP contribution in [0.5, 0.6) is 0 Å². The number of carbonyl (C=O) groups excluding carboxylic acids is 3. The van der Waals surface area contributed by atoms with Gasteiger partial charge in [0.05, 0.1) is 40.3 Å². The van der Waals surface area contributed by atoms with E-state index in [1.165, 1.54) is 38.5 Å². The largest absolute Gasteiger partial charge is 0.544 e. The van der Waals surface area contributed by atoms with E-state index in [9.17, 15) is 19.5 Å². The minimum Gasteiger partial charge on any atom is -0.544 e. The number of allylic oxidation sites excluding steroid dienone is 10. The highest BCUT2D eigenvalue weighted by Crippen LogP contribution is 2.10. The molecule has 0 rings (SSSR count). The number of carboxylic acid groups (broad SMARTS) is 1. The van der Waals surface area contributed by atoms with Gasteiger partial charge < -0.3 is 28.6 Å². The number of rotatable bonds is 31. The van der Waals surface area contributed by atoms with Crippen LogP contribution in [0, 0.1) is 0 Å². The topological polar surface area (TPSA) is 102 Å². The maximum Gasteiger partial charge on any atom is 0.306 e. The van der Waals surface area contributed by atoms with E-state index in [4.69, 9.17) is 14.2 Å². The Bertz CT molecular complexity index is 975. The molecule has 0 radical (unpaired) electrons. The Labute approximate surface area is 292 Å². The predicted molar refractivity (Wildman–Crippen MR) is 194 cm³/mol. The first-order chi connectivity index (χ1) is 23.1. The third kappa shape index (κ3) is 29.2. The lowest BCUT2D eigenvalue weighted by molar-refractivity contribution is -0.889. The highest BCUT2D eigenvalue weighted by molar-refractivity contribution is 5.70. The van der Waals surface area contributed by atoms with Gasteiger partial charge in [0, 0.05) is 19.3 Å². The van der Waals surface area contributed by atoms with Crippen molar-refractivity contribution in [3.05, 3.63) is 60.8 Å². The van der Waals surface area contributed by atoms with Gasteiger partial charge in [0.25, 0.3) is 0 Å². The molecule has 2 unspecified atom stereocenters. The van der Waals surface area contributed by atoms with Crippen LogP contribution in [0.2, 0.25) is 0 Å². The normalized spacial score (nSPS) is 13.8. The van der Waals surface area contributed by atoms with E-state index in [1.807, 2.05) is 6.08 Å². The number of nitrogens with zero attached hydrogens (tertiary/aromatic N) is 1. The molecule has 8 nitrogen and oxygen atoms in total. The van der Waals surface area contributed by atoms with Crippen molar-refractivity contribution in [1.29, 1.82) is 0 Å². The molecule has 0 N–H and O–H groups in total. The van der Waals surface area contributed by atoms with Gasteiger partial charge >= 0.3 is 11.9 Å². The van der Waals surface area contributed by atoms with Crippen LogP contribution in [-0.4, -0.2) is 75.5 Å². The van der Waals surface area contributed by atoms with Crippen LogP contribution >= 0.6 is 0 Å². The Balaban J connectivity index is 4.49. The highest BCUT2D eigenvalue weighted by atomic mass is 16.6. The number of hydrogen-bond donors (Lipinski definition) is 0. The van der Waals surface area contributed by atoms with Crippen molar-refractivity contribution in [3.63, 3.8) is 0 Å². The van der Waals surface area contributed by atoms with Crippen molar-refractivity contribution in [3.8, 4) is 0 Å². The minimum absolute atomic E-state index is 0.00497. The van der Waals surface area contributed by atoms with Crippen molar-refractivity contribution in [2.75, 3.05) is 41.0 Å². The second kappa shape index (κ2) is 31.3. The molecule has 0 bridgehead atoms. The minimum atomic E-state index is -1.14. The van der Waals surface area contributed by atoms with E-state index in [2.05, 4.69) is 68.5 Å². The molecule has 8 heteroatoms. The summed E-state index contributed by atoms with van der Waals surface area (Å²) >= 11 is 0. The lowest BCUT2D eigenvalue weighted by Gasteiger charge is -2.34. The number of quaternary nitrogens is 1. The van der Waals surface area contributed by atoms with Crippen LogP contribution in [0.15, 0.2) is 60.8 Å². The van der Waals surface area contributed by atoms with Gasteiger partial charge in [-0.25, -0.2) is 0 Å². The van der Waals surface area contributed by atoms with Crippen LogP contribution in [0.4, 0.5) is 0 Å². The molecule has 0 aromatic rings. The fraction of sp³-hybridized carbons (Fsp3) is 0.675. The number of likely N-dealkylation sites (N-methyl/N-ethyl adjacent to an activating group) is 1. The summed E-state index contributed by atoms with van der Waals surface area (Å²) in [5.41, 5.74) is 0. The highest BCUT2D eigenvalue weighted by Gasteiger charge is 2.25. The Kier molecular flexibility index (Phi) is 29.4. The average molecular weight is 674 g/mol. The number of esters is 2. The Morgan fingerprint density at radius 3 is 1.65 bits per heavy atom. The molecule has 274 valence electrons. The van der Waals surface area contributed by atoms with Crippen LogP contribution in [-0.2, 0) is 28.6 Å². The first kappa shape index (κ1) is 45.0. The van der Waals surface area contributed by atoms with Gasteiger partial charge in [-0.15, -0.1) is 0 Å². The Morgan fingerprint density at radius 2 is 1.12 bits per heavy atom. The van der Waals surface area contributed by atoms with E-state index in [-0.39, 0.29) is 49.5 Å². The van der Waals surface area contributed by atoms with Gasteiger partial charge in [-0.1, -0.05) is 100 Å². The van der Waals surface area contributed by atoms with Crippen molar-refractivity contribution in [2.45, 2.75) is 135 Å². The summed E-state index contributed by atoms with van der Waals surface area (Å²) in [5.74, 6) is -1.89. The van der Waals surface area contributed by atoms with Crippen molar-refractivity contribution < 1.29 is 38.2 Å². The fourth-order valence-corrected chi connectivity index (χ4v) is 4.72. The summed E-state index contributed by atoms with van der Waals surface area (Å²) < 4.78 is 16.9. The number of unbranched alkanes of at least 4 members (excludes halogenated alkanes) is 7. The molecule has 0 saturated carbocycles. The predicted octanol–water partition coefficient (Wildman–Crippen LogP) is 7.74. The molecule has 48 heavy (non-hydrogen) atoms. The van der Waals surface area contributed by atoms with Crippen molar-refractivity contribution >= 4 is 17.9 Å². The van der Waals surface area contributed by atoms with E-state index < -0.39 is 24.1 Å². The molecular weight excluding hydrogens is 606 g/mol. The summed E-state index contributed by atoms with van der Waals surface area (Å²) in [7, 11) is 5.35. The maximum absolute atomic E-state index is 12.5. The zero-order valence-electron chi connectivity index (χ0n) is 30.9. The summed E-state index contributed by atoms with van der Waals surface area (Å²) in [6.45, 7) is 4.43. The van der Waals surface area contributed by atoms with Gasteiger partial charge in [0.1, 0.15) is 12.6 Å². The lowest BCUT2D eigenvalue weighted by Crippen LogP contribution is -2.55. The molecular formula is C40H67NO7. The standard InChI is InChI=1S/C40H67NO7/c1-6-8-10-12-14-15-16-17-18-19-20-21-22-23-25-26-28-30-38(42)47-35-36(34-46-33-32-37(40(44)45)41(3,4)5)48-39(43)31-29-27-24-13-11-9-7-2/h14-15,17-18,20-21,23-25,27,36-37H,6-13,16,19,22,26,28-35H2,1-5H3/b15-14+,18-17+,21-20+,25-23+,27-24+. The van der Waals surface area contributed by atoms with E-state index in [0.717, 1.165) is 38.5 Å². The first-order valence-corrected chi connectivity index (χ1v) is 18.3. The molecule has 0 aliphatic heterocycles. The quantitative estimate of drug-likeness (QED) is 0.0321. The molecule has 0 heterocycles. The number of hydrogen-bond acceptors (Lipinski definition) is 7. The van der Waals surface area contributed by atoms with Crippen molar-refractivity contribution in [1.82, 2.24) is 0 Å². The van der Waals surface area contributed by atoms with Crippen LogP contribution in [0.25, 0.3) is 0 Å². The molecule has 0 aliphatic rings. The molecule has 0 aromatic heterocycles. The Hall–Kier alpha value is -2.97. The molecule has 0 spiro atoms. The third-order valence-electron chi connectivity index (χ3n) is 7.64. The van der Waals surface area contributed by atoms with E-state index in [0.29, 0.717) is 12.8 Å². The van der Waals surface area contributed by atoms with Crippen LogP contribution in [0.1, 0.15) is 123 Å². The van der Waals surface area contributed by atoms with Gasteiger partial charge in [0.15, 0.2) is 6.10 Å². The zero-order valence-corrected chi connectivity index (χ0v) is 30.9. The lowest BCUT2D eigenvalue weighted by atomic mass is 10.1. The van der Waals surface area contributed by atoms with Gasteiger partial charge in [-0.05, 0) is 64.2 Å². The smallest absolute Gasteiger partial charge is 0.306 e. The van der Waals surface area contributed by atoms with E-state index in [1.54, 1.807) is 21.1 Å². The molecule has 2 atom stereocenters. The average Bonchev–Trinajstić information content (AvgIpc) is 3.03. The number of carbonyl (C=O) groups is 3. The summed E-state index contributed by atoms with van der Waals surface area (Å²) in [6, 6.07) is -0.738. The summed E-state index contributed by atoms with van der Waals surface area (Å²) in [6.07, 6.45) is 35.7. The molecule has 0 saturated heterocycles. The van der Waals surface area contributed by atoms with Crippen LogP contribution in [0.3, 0.4) is 0 Å². The van der Waals surface area contributed by atoms with Crippen molar-refractivity contribution in [2.24, 2.45) is 0 Å². The maximum atomic E-state index is 12.5. The molecule has 0 fully saturated rings. The molecule has 0 aliphatic carbocycles. The molecule has 0 amide bonds. The van der Waals surface area contributed by atoms with E-state index >= 15 is 0 Å². The fourth-order valence-electron chi connectivity index (χ4n) is 4.72. The van der Waals surface area contributed by atoms with Gasteiger partial charge in [0.2, 0.25) is 0 Å². The van der Waals surface area contributed by atoms with Crippen LogP contribution < -0.4 is 5.11 Å². The Morgan fingerprint density at radius 1 is 0.625 bits per heavy atom. The third-order valence-corrected chi connectivity index (χ3v) is 7.64. The van der Waals surface area contributed by atoms with Gasteiger partial charge in [-0.2, -0.15) is 0 Å². The number of ether oxygens (including phenoxy) is 3.